The highest BCUT2D eigenvalue weighted by molar-refractivity contribution is 5.89. The summed E-state index contributed by atoms with van der Waals surface area (Å²) in [6.45, 7) is 8.60. The van der Waals surface area contributed by atoms with Gasteiger partial charge in [0.15, 0.2) is 11.4 Å². The van der Waals surface area contributed by atoms with Crippen LogP contribution < -0.4 is 0 Å². The van der Waals surface area contributed by atoms with Crippen molar-refractivity contribution >= 4 is 17.7 Å². The highest BCUT2D eigenvalue weighted by atomic mass is 19.4. The number of carbonyl (C=O) groups is 3. The van der Waals surface area contributed by atoms with Crippen molar-refractivity contribution in [3.63, 3.8) is 0 Å². The second-order valence-electron chi connectivity index (χ2n) is 12.3. The van der Waals surface area contributed by atoms with Crippen LogP contribution in [0.5, 0.6) is 0 Å². The van der Waals surface area contributed by atoms with Crippen LogP contribution >= 0.6 is 0 Å². The number of hydrogen-bond acceptors (Lipinski definition) is 5. The van der Waals surface area contributed by atoms with Crippen LogP contribution in [0.2, 0.25) is 0 Å². The smallest absolute Gasteiger partial charge is 0.451 e. The van der Waals surface area contributed by atoms with Gasteiger partial charge in [-0.05, 0) is 86.7 Å². The molecule has 4 rings (SSSR count). The van der Waals surface area contributed by atoms with Crippen molar-refractivity contribution in [1.82, 2.24) is 0 Å². The quantitative estimate of drug-likeness (QED) is 0.259. The maximum atomic E-state index is 13.9. The van der Waals surface area contributed by atoms with Gasteiger partial charge in [-0.1, -0.05) is 26.3 Å². The number of esters is 2. The Morgan fingerprint density at radius 1 is 0.950 bits per heavy atom. The van der Waals surface area contributed by atoms with Crippen molar-refractivity contribution in [2.75, 3.05) is 0 Å². The highest BCUT2D eigenvalue weighted by Gasteiger charge is 2.77. The van der Waals surface area contributed by atoms with Gasteiger partial charge in [-0.2, -0.15) is 30.7 Å². The lowest BCUT2D eigenvalue weighted by Crippen LogP contribution is -2.59. The fraction of sp³-hybridized carbons (Fsp3) is 0.750. The molecule has 0 aromatic rings. The molecule has 0 aromatic heterocycles. The summed E-state index contributed by atoms with van der Waals surface area (Å²) in [7, 11) is 0. The van der Waals surface area contributed by atoms with Gasteiger partial charge < -0.3 is 9.47 Å². The molecule has 40 heavy (non-hydrogen) atoms. The highest BCUT2D eigenvalue weighted by Crippen LogP contribution is 2.69. The lowest BCUT2D eigenvalue weighted by atomic mass is 9.45. The van der Waals surface area contributed by atoms with Crippen LogP contribution in [0.3, 0.4) is 0 Å². The number of ketones is 1. The van der Waals surface area contributed by atoms with Crippen LogP contribution in [0, 0.1) is 34.5 Å². The molecule has 7 atom stereocenters. The van der Waals surface area contributed by atoms with E-state index in [1.807, 2.05) is 20.8 Å². The summed E-state index contributed by atoms with van der Waals surface area (Å²) in [5, 5.41) is 0. The largest absolute Gasteiger partial charge is 0.460 e. The molecular formula is C28H33F7O5. The molecule has 0 spiro atoms. The predicted molar refractivity (Wildman–Crippen MR) is 127 cm³/mol. The van der Waals surface area contributed by atoms with Crippen LogP contribution in [-0.4, -0.2) is 41.3 Å². The van der Waals surface area contributed by atoms with E-state index < -0.39 is 52.2 Å². The van der Waals surface area contributed by atoms with E-state index in [0.717, 1.165) is 5.57 Å². The molecule has 12 heteroatoms. The Kier molecular flexibility index (Phi) is 7.11. The summed E-state index contributed by atoms with van der Waals surface area (Å²) in [6, 6.07) is 0. The van der Waals surface area contributed by atoms with Gasteiger partial charge in [-0.25, -0.2) is 4.79 Å². The molecule has 0 amide bonds. The van der Waals surface area contributed by atoms with E-state index in [2.05, 4.69) is 4.74 Å². The van der Waals surface area contributed by atoms with Crippen molar-refractivity contribution in [3.05, 3.63) is 23.5 Å². The minimum Gasteiger partial charge on any atom is -0.451 e. The third-order valence-corrected chi connectivity index (χ3v) is 10.3. The molecule has 0 aliphatic heterocycles. The Bertz CT molecular complexity index is 1170. The van der Waals surface area contributed by atoms with E-state index >= 15 is 0 Å². The Balaban J connectivity index is 1.59. The molecular weight excluding hydrogens is 549 g/mol. The van der Waals surface area contributed by atoms with E-state index in [4.69, 9.17) is 4.74 Å². The number of alkyl halides is 7. The molecule has 4 aliphatic rings. The first-order valence-electron chi connectivity index (χ1n) is 13.3. The Labute approximate surface area is 227 Å². The maximum Gasteiger partial charge on any atom is 0.460 e. The molecule has 0 heterocycles. The van der Waals surface area contributed by atoms with Crippen LogP contribution in [0.4, 0.5) is 30.7 Å². The van der Waals surface area contributed by atoms with Crippen LogP contribution in [0.15, 0.2) is 23.5 Å². The van der Waals surface area contributed by atoms with Crippen molar-refractivity contribution < 1.29 is 54.6 Å². The molecule has 4 aliphatic carbocycles. The van der Waals surface area contributed by atoms with E-state index in [1.54, 1.807) is 0 Å². The summed E-state index contributed by atoms with van der Waals surface area (Å²) < 4.78 is 102. The molecule has 0 bridgehead atoms. The molecule has 1 unspecified atom stereocenters. The molecule has 0 aromatic carbocycles. The number of carbonyl (C=O) groups excluding carboxylic acids is 3. The second-order valence-corrected chi connectivity index (χ2v) is 12.3. The standard InChI is InChI=1S/C28H33F7O5/c1-14-12-18-19(7-10-24(5)20(18)8-11-25(24,15(2)36)40-16(3)37)23(4)9-6-17(13-21(14)23)39-22(38)26(29,30)27(31,32)28(33,34)35/h6,13-14,18-20H,7-12H2,1-5H3/t14?,18-,19+,20+,23-,24+,25+/m1/s1. The van der Waals surface area contributed by atoms with Gasteiger partial charge in [-0.15, -0.1) is 0 Å². The normalized spacial score (nSPS) is 37.8. The topological polar surface area (TPSA) is 69.7 Å². The summed E-state index contributed by atoms with van der Waals surface area (Å²) in [4.78, 5) is 36.7. The minimum atomic E-state index is -6.65. The van der Waals surface area contributed by atoms with Gasteiger partial charge in [0.1, 0.15) is 5.76 Å². The summed E-state index contributed by atoms with van der Waals surface area (Å²) in [6.07, 6.45) is -0.898. The van der Waals surface area contributed by atoms with Gasteiger partial charge >= 0.3 is 30.0 Å². The maximum absolute atomic E-state index is 13.9. The van der Waals surface area contributed by atoms with Crippen molar-refractivity contribution in [2.45, 2.75) is 96.8 Å². The number of allylic oxidation sites excluding steroid dienone is 3. The average molecular weight is 583 g/mol. The first kappa shape index (κ1) is 30.6. The predicted octanol–water partition coefficient (Wildman–Crippen LogP) is 6.96. The fourth-order valence-corrected chi connectivity index (χ4v) is 8.43. The Morgan fingerprint density at radius 2 is 1.55 bits per heavy atom. The van der Waals surface area contributed by atoms with Crippen LogP contribution in [-0.2, 0) is 23.9 Å². The van der Waals surface area contributed by atoms with E-state index in [0.29, 0.717) is 32.1 Å². The van der Waals surface area contributed by atoms with Gasteiger partial charge in [0, 0.05) is 12.3 Å². The number of hydrogen-bond donors (Lipinski definition) is 0. The lowest BCUT2D eigenvalue weighted by molar-refractivity contribution is -0.347. The SMILES string of the molecule is CC(=O)O[C@]1(C(C)=O)CC[C@H]2[C@@H]3CC(C)C4=CC(OC(=O)C(F)(F)C(F)(F)C(F)(F)F)=CC[C@]4(C)[C@H]3CC[C@@]21C. The zero-order chi connectivity index (χ0) is 30.3. The number of rotatable bonds is 5. The summed E-state index contributed by atoms with van der Waals surface area (Å²) in [5.41, 5.74) is -1.58. The van der Waals surface area contributed by atoms with Gasteiger partial charge in [-0.3, -0.25) is 9.59 Å². The van der Waals surface area contributed by atoms with Crippen LogP contribution in [0.25, 0.3) is 0 Å². The van der Waals surface area contributed by atoms with Gasteiger partial charge in [0.05, 0.1) is 0 Å². The molecule has 0 radical (unpaired) electrons. The van der Waals surface area contributed by atoms with Gasteiger partial charge in [0.2, 0.25) is 0 Å². The van der Waals surface area contributed by atoms with Crippen molar-refractivity contribution in [2.24, 2.45) is 34.5 Å². The molecule has 3 saturated carbocycles. The fourth-order valence-electron chi connectivity index (χ4n) is 8.43. The monoisotopic (exact) mass is 582 g/mol. The first-order chi connectivity index (χ1) is 18.2. The van der Waals surface area contributed by atoms with Crippen LogP contribution in [0.1, 0.15) is 73.1 Å². The zero-order valence-electron chi connectivity index (χ0n) is 22.9. The number of Topliss-reactive ketones (excluding diaryl/α,β-unsaturated/α-hetero) is 1. The molecule has 0 N–H and O–H groups in total. The van der Waals surface area contributed by atoms with E-state index in [1.165, 1.54) is 26.0 Å². The minimum absolute atomic E-state index is 0.0572. The third kappa shape index (κ3) is 4.13. The number of fused-ring (bicyclic) bond motifs is 5. The first-order valence-corrected chi connectivity index (χ1v) is 13.3. The zero-order valence-corrected chi connectivity index (χ0v) is 22.9. The third-order valence-electron chi connectivity index (χ3n) is 10.3. The molecule has 224 valence electrons. The molecule has 5 nitrogen and oxygen atoms in total. The van der Waals surface area contributed by atoms with Gasteiger partial charge in [0.25, 0.3) is 0 Å². The number of ether oxygens (including phenoxy) is 2. The molecule has 3 fully saturated rings. The second kappa shape index (κ2) is 9.31. The average Bonchev–Trinajstić information content (AvgIpc) is 3.12. The Morgan fingerprint density at radius 3 is 2.10 bits per heavy atom. The van der Waals surface area contributed by atoms with E-state index in [-0.39, 0.29) is 35.9 Å². The Hall–Kier alpha value is -2.40. The van der Waals surface area contributed by atoms with Crippen molar-refractivity contribution in [3.8, 4) is 0 Å². The van der Waals surface area contributed by atoms with E-state index in [9.17, 15) is 45.1 Å². The number of halogens is 7. The summed E-state index contributed by atoms with van der Waals surface area (Å²) >= 11 is 0. The summed E-state index contributed by atoms with van der Waals surface area (Å²) in [5.74, 6) is -16.8. The lowest BCUT2D eigenvalue weighted by Gasteiger charge is -2.60. The molecule has 0 saturated heterocycles. The van der Waals surface area contributed by atoms with Crippen molar-refractivity contribution in [1.29, 1.82) is 0 Å².